The molecule has 216 valence electrons. The fourth-order valence-corrected chi connectivity index (χ4v) is 6.52. The van der Waals surface area contributed by atoms with E-state index in [0.717, 1.165) is 72.8 Å². The Morgan fingerprint density at radius 2 is 1.83 bits per heavy atom. The lowest BCUT2D eigenvalue weighted by molar-refractivity contribution is -0.119. The Bertz CT molecular complexity index is 1380. The van der Waals surface area contributed by atoms with E-state index in [-0.39, 0.29) is 11.1 Å². The van der Waals surface area contributed by atoms with E-state index in [1.54, 1.807) is 0 Å². The van der Waals surface area contributed by atoms with Gasteiger partial charge in [-0.1, -0.05) is 61.9 Å². The van der Waals surface area contributed by atoms with Gasteiger partial charge in [0.25, 0.3) is 5.24 Å². The topological polar surface area (TPSA) is 81.7 Å². The van der Waals surface area contributed by atoms with Gasteiger partial charge in [0.05, 0.1) is 24.0 Å². The Morgan fingerprint density at radius 3 is 2.59 bits per heavy atom. The van der Waals surface area contributed by atoms with E-state index < -0.39 is 16.0 Å². The molecule has 4 rings (SSSR count). The molecular formula is C33H37NO5S2. The molecule has 1 fully saturated rings. The monoisotopic (exact) mass is 591 g/mol. The number of carbonyl (C=O) groups is 2. The van der Waals surface area contributed by atoms with Crippen LogP contribution in [0.25, 0.3) is 0 Å². The maximum atomic E-state index is 12.3. The van der Waals surface area contributed by atoms with Gasteiger partial charge in [-0.05, 0) is 96.8 Å². The largest absolute Gasteiger partial charge is 0.494 e. The third-order valence-electron chi connectivity index (χ3n) is 6.77. The Labute approximate surface area is 249 Å². The Morgan fingerprint density at radius 1 is 1.02 bits per heavy atom. The first-order chi connectivity index (χ1) is 19.9. The standard InChI is InChI=1S/C33H37NO5S2/c1-3-10-24(2)30(18-17-28-23-41(37)22-27(28)16-15-25-11-5-4-6-12-25)39-20-8-7-19-38-29-14-9-13-26(21-29)31-32(35)34-33(36)40-31/h4-6,9,11-14,17-18,21-23,31H,3,7-8,10,15-16,19-20H2,1-2H3,(H,34,35,36)/b18-17-,30-24-. The van der Waals surface area contributed by atoms with Gasteiger partial charge in [-0.25, -0.2) is 0 Å². The molecule has 0 saturated carbocycles. The highest BCUT2D eigenvalue weighted by atomic mass is 32.2. The predicted octanol–water partition coefficient (Wildman–Crippen LogP) is 7.68. The lowest BCUT2D eigenvalue weighted by atomic mass is 10.00. The molecule has 2 amide bonds. The van der Waals surface area contributed by atoms with Crippen LogP contribution in [-0.2, 0) is 26.8 Å². The van der Waals surface area contributed by atoms with E-state index in [1.807, 2.05) is 65.4 Å². The number of benzene rings is 2. The molecule has 41 heavy (non-hydrogen) atoms. The second-order valence-corrected chi connectivity index (χ2v) is 12.2. The van der Waals surface area contributed by atoms with Crippen molar-refractivity contribution in [1.29, 1.82) is 0 Å². The number of nitrogens with one attached hydrogen (secondary N) is 1. The number of amides is 2. The molecule has 2 aliphatic rings. The van der Waals surface area contributed by atoms with Crippen molar-refractivity contribution in [2.24, 2.45) is 0 Å². The fraction of sp³-hybridized carbons (Fsp3) is 0.333. The second-order valence-electron chi connectivity index (χ2n) is 10.0. The van der Waals surface area contributed by atoms with Crippen LogP contribution >= 0.6 is 11.8 Å². The molecule has 2 aromatic rings. The minimum Gasteiger partial charge on any atom is -0.494 e. The molecule has 0 aliphatic carbocycles. The number of allylic oxidation sites excluding steroid dienone is 5. The average Bonchev–Trinajstić information content (AvgIpc) is 3.51. The van der Waals surface area contributed by atoms with E-state index in [1.165, 1.54) is 11.1 Å². The van der Waals surface area contributed by atoms with Crippen LogP contribution in [0.1, 0.15) is 62.3 Å². The van der Waals surface area contributed by atoms with E-state index in [2.05, 4.69) is 31.3 Å². The zero-order valence-corrected chi connectivity index (χ0v) is 25.2. The Hall–Kier alpha value is -3.36. The molecule has 2 aliphatic heterocycles. The van der Waals surface area contributed by atoms with Crippen molar-refractivity contribution < 1.29 is 23.3 Å². The first kappa shape index (κ1) is 30.6. The number of hydrogen-bond donors (Lipinski definition) is 1. The molecule has 0 spiro atoms. The quantitative estimate of drug-likeness (QED) is 0.130. The summed E-state index contributed by atoms with van der Waals surface area (Å²) in [6, 6.07) is 17.7. The number of carbonyl (C=O) groups excluding carboxylic acids is 2. The molecule has 2 atom stereocenters. The SMILES string of the molecule is CCC/C(C)=C(/C=C\C1=CS(=O)C=C1CCc1ccccc1)OCCCCOc1cccc(C2SC(=O)NC2=O)c1. The summed E-state index contributed by atoms with van der Waals surface area (Å²) in [5.74, 6) is 1.25. The van der Waals surface area contributed by atoms with Gasteiger partial charge < -0.3 is 9.47 Å². The zero-order valence-electron chi connectivity index (χ0n) is 23.6. The molecule has 2 heterocycles. The van der Waals surface area contributed by atoms with Gasteiger partial charge in [-0.15, -0.1) is 0 Å². The van der Waals surface area contributed by atoms with Crippen molar-refractivity contribution in [3.05, 3.63) is 111 Å². The Kier molecular flexibility index (Phi) is 11.6. The molecular weight excluding hydrogens is 554 g/mol. The van der Waals surface area contributed by atoms with Crippen molar-refractivity contribution in [2.45, 2.75) is 57.6 Å². The van der Waals surface area contributed by atoms with Crippen molar-refractivity contribution >= 4 is 33.7 Å². The minimum atomic E-state index is -1.08. The summed E-state index contributed by atoms with van der Waals surface area (Å²) in [6.45, 7) is 5.34. The van der Waals surface area contributed by atoms with E-state index >= 15 is 0 Å². The maximum absolute atomic E-state index is 12.3. The van der Waals surface area contributed by atoms with E-state index in [4.69, 9.17) is 9.47 Å². The van der Waals surface area contributed by atoms with Crippen LogP contribution in [-0.4, -0.2) is 28.6 Å². The summed E-state index contributed by atoms with van der Waals surface area (Å²) < 4.78 is 24.4. The highest BCUT2D eigenvalue weighted by molar-refractivity contribution is 8.15. The first-order valence-electron chi connectivity index (χ1n) is 14.0. The van der Waals surface area contributed by atoms with E-state index in [0.29, 0.717) is 19.0 Å². The summed E-state index contributed by atoms with van der Waals surface area (Å²) >= 11 is 0.989. The third-order valence-corrected chi connectivity index (χ3v) is 8.81. The first-order valence-corrected chi connectivity index (χ1v) is 16.2. The van der Waals surface area contributed by atoms with Crippen LogP contribution in [0, 0.1) is 0 Å². The van der Waals surface area contributed by atoms with Gasteiger partial charge in [0.2, 0.25) is 5.91 Å². The summed E-state index contributed by atoms with van der Waals surface area (Å²) in [4.78, 5) is 23.5. The zero-order chi connectivity index (χ0) is 29.0. The van der Waals surface area contributed by atoms with Crippen LogP contribution in [0.3, 0.4) is 0 Å². The molecule has 1 N–H and O–H groups in total. The summed E-state index contributed by atoms with van der Waals surface area (Å²) in [6.07, 6.45) is 9.40. The smallest absolute Gasteiger partial charge is 0.286 e. The molecule has 1 saturated heterocycles. The molecule has 2 aromatic carbocycles. The van der Waals surface area contributed by atoms with Crippen molar-refractivity contribution in [2.75, 3.05) is 13.2 Å². The van der Waals surface area contributed by atoms with Gasteiger partial charge in [-0.2, -0.15) is 0 Å². The third kappa shape index (κ3) is 9.33. The highest BCUT2D eigenvalue weighted by Gasteiger charge is 2.33. The van der Waals surface area contributed by atoms with Crippen molar-refractivity contribution in [3.8, 4) is 5.75 Å². The summed E-state index contributed by atoms with van der Waals surface area (Å²) in [5.41, 5.74) is 5.32. The molecule has 0 aromatic heterocycles. The second kappa shape index (κ2) is 15.6. The number of hydrogen-bond acceptors (Lipinski definition) is 6. The number of thioether (sulfide) groups is 1. The lowest BCUT2D eigenvalue weighted by Gasteiger charge is -2.13. The molecule has 8 heteroatoms. The minimum absolute atomic E-state index is 0.289. The number of imide groups is 1. The van der Waals surface area contributed by atoms with Crippen LogP contribution in [0.2, 0.25) is 0 Å². The van der Waals surface area contributed by atoms with Gasteiger partial charge in [-0.3, -0.25) is 19.1 Å². The number of unbranched alkanes of at least 4 members (excludes halogenated alkanes) is 1. The van der Waals surface area contributed by atoms with Gasteiger partial charge in [0.1, 0.15) is 16.8 Å². The van der Waals surface area contributed by atoms with Crippen LogP contribution in [0.4, 0.5) is 4.79 Å². The van der Waals surface area contributed by atoms with Gasteiger partial charge >= 0.3 is 0 Å². The lowest BCUT2D eigenvalue weighted by Crippen LogP contribution is -2.20. The van der Waals surface area contributed by atoms with Crippen LogP contribution in [0.5, 0.6) is 5.75 Å². The molecule has 2 unspecified atom stereocenters. The maximum Gasteiger partial charge on any atom is 0.286 e. The normalized spacial score (nSPS) is 19.2. The molecule has 0 bridgehead atoms. The van der Waals surface area contributed by atoms with Crippen molar-refractivity contribution in [1.82, 2.24) is 5.32 Å². The molecule has 0 radical (unpaired) electrons. The van der Waals surface area contributed by atoms with Gasteiger partial charge in [0.15, 0.2) is 0 Å². The highest BCUT2D eigenvalue weighted by Crippen LogP contribution is 2.35. The fourth-order valence-electron chi connectivity index (χ4n) is 4.61. The van der Waals surface area contributed by atoms with Gasteiger partial charge in [0, 0.05) is 10.8 Å². The van der Waals surface area contributed by atoms with E-state index in [9.17, 15) is 13.8 Å². The molecule has 6 nitrogen and oxygen atoms in total. The van der Waals surface area contributed by atoms with Crippen molar-refractivity contribution in [3.63, 3.8) is 0 Å². The number of rotatable bonds is 15. The predicted molar refractivity (Wildman–Crippen MR) is 167 cm³/mol. The number of ether oxygens (including phenoxy) is 2. The Balaban J connectivity index is 1.25. The summed E-state index contributed by atoms with van der Waals surface area (Å²) in [5, 5.41) is 5.13. The van der Waals surface area contributed by atoms with Crippen LogP contribution < -0.4 is 10.1 Å². The average molecular weight is 592 g/mol. The summed E-state index contributed by atoms with van der Waals surface area (Å²) in [7, 11) is -1.08. The van der Waals surface area contributed by atoms with Crippen LogP contribution in [0.15, 0.2) is 100 Å². The number of aryl methyl sites for hydroxylation is 1.